The molecule has 0 bridgehead atoms. The Morgan fingerprint density at radius 1 is 1.21 bits per heavy atom. The molecule has 24 heavy (non-hydrogen) atoms. The first-order valence-electron chi connectivity index (χ1n) is 6.95. The number of thiocarbonyl (C=S) groups is 1. The average molecular weight is 345 g/mol. The molecule has 7 nitrogen and oxygen atoms in total. The lowest BCUT2D eigenvalue weighted by Gasteiger charge is -2.12. The molecule has 0 saturated heterocycles. The molecule has 124 valence electrons. The number of benzene rings is 2. The second-order valence-electron chi connectivity index (χ2n) is 5.17. The van der Waals surface area contributed by atoms with Crippen molar-refractivity contribution >= 4 is 34.6 Å². The first kappa shape index (κ1) is 17.4. The van der Waals surface area contributed by atoms with Gasteiger partial charge in [0.15, 0.2) is 5.11 Å². The number of nitrogens with zero attached hydrogens (tertiary/aromatic N) is 1. The number of nitro groups is 1. The minimum atomic E-state index is -0.584. The number of carbonyl (C=O) groups is 1. The summed E-state index contributed by atoms with van der Waals surface area (Å²) in [6, 6.07) is 8.60. The normalized spacial score (nSPS) is 10.1. The van der Waals surface area contributed by atoms with Gasteiger partial charge in [0.25, 0.3) is 11.6 Å². The number of phenols is 1. The van der Waals surface area contributed by atoms with Crippen LogP contribution in [0.1, 0.15) is 21.5 Å². The summed E-state index contributed by atoms with van der Waals surface area (Å²) in [6.45, 7) is 3.74. The topological polar surface area (TPSA) is 104 Å². The summed E-state index contributed by atoms with van der Waals surface area (Å²) in [5.74, 6) is -0.579. The van der Waals surface area contributed by atoms with Crippen LogP contribution in [0.15, 0.2) is 36.4 Å². The lowest BCUT2D eigenvalue weighted by Crippen LogP contribution is -2.34. The van der Waals surface area contributed by atoms with E-state index in [9.17, 15) is 20.0 Å². The van der Waals surface area contributed by atoms with Gasteiger partial charge in [-0.3, -0.25) is 20.2 Å². The van der Waals surface area contributed by atoms with Gasteiger partial charge >= 0.3 is 0 Å². The molecule has 3 N–H and O–H groups in total. The van der Waals surface area contributed by atoms with Gasteiger partial charge in [0.05, 0.1) is 10.6 Å². The number of aryl methyl sites for hydroxylation is 2. The highest BCUT2D eigenvalue weighted by Gasteiger charge is 2.13. The van der Waals surface area contributed by atoms with Gasteiger partial charge in [-0.15, -0.1) is 0 Å². The molecule has 0 saturated carbocycles. The van der Waals surface area contributed by atoms with Crippen LogP contribution in [0.4, 0.5) is 11.4 Å². The first-order valence-corrected chi connectivity index (χ1v) is 7.35. The zero-order valence-corrected chi connectivity index (χ0v) is 13.8. The molecule has 0 atom stereocenters. The van der Waals surface area contributed by atoms with E-state index in [1.54, 1.807) is 12.1 Å². The van der Waals surface area contributed by atoms with E-state index in [4.69, 9.17) is 12.2 Å². The zero-order chi connectivity index (χ0) is 17.9. The van der Waals surface area contributed by atoms with Crippen molar-refractivity contribution in [3.8, 4) is 5.75 Å². The molecule has 0 radical (unpaired) electrons. The molecule has 1 amide bonds. The SMILES string of the molecule is Cc1cc(O)c(NC(=S)NC(=O)c2cccc([N+](=O)[O-])c2)cc1C. The Kier molecular flexibility index (Phi) is 5.10. The van der Waals surface area contributed by atoms with E-state index < -0.39 is 10.8 Å². The van der Waals surface area contributed by atoms with Crippen LogP contribution in [0.2, 0.25) is 0 Å². The van der Waals surface area contributed by atoms with Crippen LogP contribution in [-0.2, 0) is 0 Å². The average Bonchev–Trinajstić information content (AvgIpc) is 2.52. The molecule has 2 rings (SSSR count). The smallest absolute Gasteiger partial charge is 0.270 e. The molecule has 8 heteroatoms. The molecule has 0 unspecified atom stereocenters. The molecular formula is C16H15N3O4S. The highest BCUT2D eigenvalue weighted by molar-refractivity contribution is 7.80. The van der Waals surface area contributed by atoms with E-state index in [-0.39, 0.29) is 22.1 Å². The summed E-state index contributed by atoms with van der Waals surface area (Å²) in [5, 5.41) is 25.8. The monoisotopic (exact) mass is 345 g/mol. The number of aromatic hydroxyl groups is 1. The maximum atomic E-state index is 12.1. The Morgan fingerprint density at radius 3 is 2.54 bits per heavy atom. The number of phenolic OH excluding ortho intramolecular Hbond substituents is 1. The van der Waals surface area contributed by atoms with Gasteiger partial charge in [0.1, 0.15) is 5.75 Å². The van der Waals surface area contributed by atoms with Crippen molar-refractivity contribution in [2.45, 2.75) is 13.8 Å². The number of carbonyl (C=O) groups excluding carboxylic acids is 1. The van der Waals surface area contributed by atoms with Crippen molar-refractivity contribution in [1.82, 2.24) is 5.32 Å². The maximum absolute atomic E-state index is 12.1. The summed E-state index contributed by atoms with van der Waals surface area (Å²) in [5.41, 5.74) is 2.15. The largest absolute Gasteiger partial charge is 0.506 e. The molecule has 0 fully saturated rings. The summed E-state index contributed by atoms with van der Waals surface area (Å²) in [6.07, 6.45) is 0. The number of hydrogen-bond donors (Lipinski definition) is 3. The highest BCUT2D eigenvalue weighted by atomic mass is 32.1. The van der Waals surface area contributed by atoms with Gasteiger partial charge in [0.2, 0.25) is 0 Å². The Bertz CT molecular complexity index is 836. The second-order valence-corrected chi connectivity index (χ2v) is 5.58. The molecule has 0 spiro atoms. The van der Waals surface area contributed by atoms with Gasteiger partial charge in [-0.05, 0) is 55.4 Å². The Labute approximate surface area is 143 Å². The number of nitrogens with one attached hydrogen (secondary N) is 2. The van der Waals surface area contributed by atoms with Gasteiger partial charge in [-0.2, -0.15) is 0 Å². The number of rotatable bonds is 3. The summed E-state index contributed by atoms with van der Waals surface area (Å²) in [7, 11) is 0. The van der Waals surface area contributed by atoms with Gasteiger partial charge in [-0.25, -0.2) is 0 Å². The van der Waals surface area contributed by atoms with Crippen molar-refractivity contribution in [2.75, 3.05) is 5.32 Å². The molecule has 2 aromatic rings. The van der Waals surface area contributed by atoms with E-state index in [2.05, 4.69) is 10.6 Å². The number of nitro benzene ring substituents is 1. The van der Waals surface area contributed by atoms with E-state index in [0.29, 0.717) is 5.69 Å². The number of anilines is 1. The van der Waals surface area contributed by atoms with Crippen LogP contribution in [0.3, 0.4) is 0 Å². The van der Waals surface area contributed by atoms with Gasteiger partial charge in [-0.1, -0.05) is 6.07 Å². The van der Waals surface area contributed by atoms with E-state index in [0.717, 1.165) is 17.2 Å². The third kappa shape index (κ3) is 4.05. The summed E-state index contributed by atoms with van der Waals surface area (Å²) >= 11 is 5.04. The highest BCUT2D eigenvalue weighted by Crippen LogP contribution is 2.26. The zero-order valence-electron chi connectivity index (χ0n) is 13.0. The molecule has 0 heterocycles. The van der Waals surface area contributed by atoms with E-state index >= 15 is 0 Å². The molecule has 0 aliphatic carbocycles. The predicted molar refractivity (Wildman–Crippen MR) is 94.4 cm³/mol. The first-order chi connectivity index (χ1) is 11.3. The Balaban J connectivity index is 2.10. The van der Waals surface area contributed by atoms with Crippen LogP contribution in [-0.4, -0.2) is 21.0 Å². The number of hydrogen-bond acceptors (Lipinski definition) is 5. The third-order valence-electron chi connectivity index (χ3n) is 3.41. The van der Waals surface area contributed by atoms with Crippen LogP contribution >= 0.6 is 12.2 Å². The van der Waals surface area contributed by atoms with E-state index in [1.807, 2.05) is 13.8 Å². The quantitative estimate of drug-likeness (QED) is 0.342. The third-order valence-corrected chi connectivity index (χ3v) is 3.61. The lowest BCUT2D eigenvalue weighted by atomic mass is 10.1. The fourth-order valence-corrected chi connectivity index (χ4v) is 2.19. The van der Waals surface area contributed by atoms with Crippen LogP contribution in [0.25, 0.3) is 0 Å². The minimum absolute atomic E-state index is 0.00467. The number of non-ortho nitro benzene ring substituents is 1. The fraction of sp³-hybridized carbons (Fsp3) is 0.125. The number of amides is 1. The van der Waals surface area contributed by atoms with Crippen molar-refractivity contribution in [1.29, 1.82) is 0 Å². The van der Waals surface area contributed by atoms with Crippen LogP contribution in [0.5, 0.6) is 5.75 Å². The van der Waals surface area contributed by atoms with E-state index in [1.165, 1.54) is 18.2 Å². The Morgan fingerprint density at radius 2 is 1.88 bits per heavy atom. The van der Waals surface area contributed by atoms with Crippen molar-refractivity contribution in [3.63, 3.8) is 0 Å². The predicted octanol–water partition coefficient (Wildman–Crippen LogP) is 3.04. The standard InChI is InChI=1S/C16H15N3O4S/c1-9-6-13(14(20)7-10(9)2)17-16(24)18-15(21)11-4-3-5-12(8-11)19(22)23/h3-8,20H,1-2H3,(H2,17,18,21,24). The molecule has 2 aromatic carbocycles. The molecule has 0 aliphatic heterocycles. The van der Waals surface area contributed by atoms with Crippen LogP contribution < -0.4 is 10.6 Å². The fourth-order valence-electron chi connectivity index (χ4n) is 1.99. The molecule has 0 aliphatic rings. The van der Waals surface area contributed by atoms with Crippen molar-refractivity contribution in [3.05, 3.63) is 63.2 Å². The van der Waals surface area contributed by atoms with Gasteiger partial charge in [0, 0.05) is 17.7 Å². The molecular weight excluding hydrogens is 330 g/mol. The summed E-state index contributed by atoms with van der Waals surface area (Å²) < 4.78 is 0. The maximum Gasteiger partial charge on any atom is 0.270 e. The summed E-state index contributed by atoms with van der Waals surface area (Å²) in [4.78, 5) is 22.3. The van der Waals surface area contributed by atoms with Crippen LogP contribution in [0, 0.1) is 24.0 Å². The van der Waals surface area contributed by atoms with Crippen molar-refractivity contribution < 1.29 is 14.8 Å². The Hall–Kier alpha value is -3.00. The molecule has 0 aromatic heterocycles. The minimum Gasteiger partial charge on any atom is -0.506 e. The van der Waals surface area contributed by atoms with Gasteiger partial charge < -0.3 is 10.4 Å². The van der Waals surface area contributed by atoms with Crippen molar-refractivity contribution in [2.24, 2.45) is 0 Å². The lowest BCUT2D eigenvalue weighted by molar-refractivity contribution is -0.384. The second kappa shape index (κ2) is 7.05.